The van der Waals surface area contributed by atoms with Crippen molar-refractivity contribution in [2.75, 3.05) is 24.7 Å². The van der Waals surface area contributed by atoms with E-state index in [0.29, 0.717) is 24.8 Å². The van der Waals surface area contributed by atoms with E-state index in [1.807, 2.05) is 18.2 Å². The molecule has 0 N–H and O–H groups in total. The summed E-state index contributed by atoms with van der Waals surface area (Å²) in [6, 6.07) is 5.57. The summed E-state index contributed by atoms with van der Waals surface area (Å²) in [5, 5.41) is 0.587. The van der Waals surface area contributed by atoms with Crippen LogP contribution >= 0.6 is 11.6 Å². The van der Waals surface area contributed by atoms with Gasteiger partial charge in [0.1, 0.15) is 0 Å². The maximum atomic E-state index is 13.0. The smallest absolute Gasteiger partial charge is 0.292 e. The van der Waals surface area contributed by atoms with Crippen LogP contribution in [0.3, 0.4) is 0 Å². The molecule has 0 atom stereocenters. The molecule has 1 fully saturated rings. The Balaban J connectivity index is 1.46. The highest BCUT2D eigenvalue weighted by Gasteiger charge is 2.56. The number of benzene rings is 1. The summed E-state index contributed by atoms with van der Waals surface area (Å²) in [5.74, 6) is -1.39. The molecule has 1 aromatic carbocycles. The number of hydrogen-bond donors (Lipinski definition) is 0. The van der Waals surface area contributed by atoms with Crippen LogP contribution in [-0.4, -0.2) is 25.7 Å². The number of hydrogen-bond acceptors (Lipinski definition) is 3. The number of ether oxygens (including phenoxy) is 2. The third-order valence-corrected chi connectivity index (χ3v) is 5.87. The summed E-state index contributed by atoms with van der Waals surface area (Å²) in [6.07, 6.45) is 12.7. The quantitative estimate of drug-likeness (QED) is 0.445. The SMILES string of the molecule is CCCCCCCCCCCCN1C(=O)C2(OCCO2)c2cccc(Cl)c21. The molecule has 150 valence electrons. The average molecular weight is 394 g/mol. The Kier molecular flexibility index (Phi) is 7.57. The lowest BCUT2D eigenvalue weighted by molar-refractivity contribution is -0.180. The predicted molar refractivity (Wildman–Crippen MR) is 109 cm³/mol. The highest BCUT2D eigenvalue weighted by atomic mass is 35.5. The monoisotopic (exact) mass is 393 g/mol. The van der Waals surface area contributed by atoms with E-state index in [1.165, 1.54) is 51.4 Å². The number of anilines is 1. The van der Waals surface area contributed by atoms with Gasteiger partial charge >= 0.3 is 0 Å². The van der Waals surface area contributed by atoms with Crippen molar-refractivity contribution in [3.05, 3.63) is 28.8 Å². The van der Waals surface area contributed by atoms with Gasteiger partial charge in [0, 0.05) is 12.1 Å². The number of para-hydroxylation sites is 1. The van der Waals surface area contributed by atoms with E-state index in [0.717, 1.165) is 24.1 Å². The fraction of sp³-hybridized carbons (Fsp3) is 0.682. The van der Waals surface area contributed by atoms with Gasteiger partial charge in [-0.15, -0.1) is 0 Å². The van der Waals surface area contributed by atoms with E-state index in [4.69, 9.17) is 21.1 Å². The number of rotatable bonds is 11. The number of halogens is 1. The van der Waals surface area contributed by atoms with Crippen LogP contribution < -0.4 is 4.90 Å². The van der Waals surface area contributed by atoms with E-state index >= 15 is 0 Å². The molecule has 0 aliphatic carbocycles. The first-order valence-corrected chi connectivity index (χ1v) is 11.0. The molecule has 2 aliphatic rings. The minimum atomic E-state index is -1.27. The second-order valence-electron chi connectivity index (χ2n) is 7.59. The van der Waals surface area contributed by atoms with Crippen LogP contribution in [-0.2, 0) is 20.1 Å². The molecule has 1 spiro atoms. The standard InChI is InChI=1S/C22H32ClNO3/c1-2-3-4-5-6-7-8-9-10-11-15-24-20-18(13-12-14-19(20)23)22(21(24)25)26-16-17-27-22/h12-14H,2-11,15-17H2,1H3. The highest BCUT2D eigenvalue weighted by Crippen LogP contribution is 2.48. The summed E-state index contributed by atoms with van der Waals surface area (Å²) in [7, 11) is 0. The molecule has 0 unspecified atom stereocenters. The third-order valence-electron chi connectivity index (χ3n) is 5.57. The minimum Gasteiger partial charge on any atom is -0.336 e. The third kappa shape index (κ3) is 4.49. The zero-order valence-electron chi connectivity index (χ0n) is 16.5. The number of carbonyl (C=O) groups is 1. The summed E-state index contributed by atoms with van der Waals surface area (Å²) >= 11 is 6.42. The molecule has 1 aromatic rings. The van der Waals surface area contributed by atoms with Crippen molar-refractivity contribution in [2.24, 2.45) is 0 Å². The highest BCUT2D eigenvalue weighted by molar-refractivity contribution is 6.35. The van der Waals surface area contributed by atoms with Crippen molar-refractivity contribution in [3.63, 3.8) is 0 Å². The van der Waals surface area contributed by atoms with Gasteiger partial charge in [-0.2, -0.15) is 0 Å². The molecule has 0 aromatic heterocycles. The largest absolute Gasteiger partial charge is 0.336 e. The van der Waals surface area contributed by atoms with Crippen molar-refractivity contribution < 1.29 is 14.3 Å². The van der Waals surface area contributed by atoms with Gasteiger partial charge in [0.05, 0.1) is 23.9 Å². The number of amides is 1. The van der Waals surface area contributed by atoms with Gasteiger partial charge in [-0.25, -0.2) is 0 Å². The lowest BCUT2D eigenvalue weighted by Gasteiger charge is -2.22. The fourth-order valence-electron chi connectivity index (χ4n) is 4.11. The number of unbranched alkanes of at least 4 members (excludes halogenated alkanes) is 9. The summed E-state index contributed by atoms with van der Waals surface area (Å²) in [4.78, 5) is 14.8. The van der Waals surface area contributed by atoms with Gasteiger partial charge in [-0.1, -0.05) is 88.4 Å². The molecule has 1 amide bonds. The molecule has 0 saturated carbocycles. The Morgan fingerprint density at radius 1 is 0.963 bits per heavy atom. The second-order valence-corrected chi connectivity index (χ2v) is 8.00. The number of fused-ring (bicyclic) bond motifs is 2. The van der Waals surface area contributed by atoms with Crippen molar-refractivity contribution in [1.29, 1.82) is 0 Å². The van der Waals surface area contributed by atoms with Crippen LogP contribution in [0.15, 0.2) is 18.2 Å². The molecule has 3 rings (SSSR count). The zero-order chi connectivity index (χ0) is 19.1. The van der Waals surface area contributed by atoms with Crippen LogP contribution in [0, 0.1) is 0 Å². The average Bonchev–Trinajstić information content (AvgIpc) is 3.25. The number of nitrogens with zero attached hydrogens (tertiary/aromatic N) is 1. The molecular formula is C22H32ClNO3. The Morgan fingerprint density at radius 3 is 2.19 bits per heavy atom. The Labute approximate surface area is 168 Å². The van der Waals surface area contributed by atoms with Crippen LogP contribution in [0.4, 0.5) is 5.69 Å². The van der Waals surface area contributed by atoms with Gasteiger partial charge in [0.25, 0.3) is 11.7 Å². The van der Waals surface area contributed by atoms with Crippen LogP contribution in [0.5, 0.6) is 0 Å². The van der Waals surface area contributed by atoms with E-state index in [9.17, 15) is 4.79 Å². The lowest BCUT2D eigenvalue weighted by Crippen LogP contribution is -2.41. The molecule has 2 aliphatic heterocycles. The van der Waals surface area contributed by atoms with E-state index in [1.54, 1.807) is 4.90 Å². The molecule has 0 radical (unpaired) electrons. The van der Waals surface area contributed by atoms with Crippen molar-refractivity contribution in [3.8, 4) is 0 Å². The van der Waals surface area contributed by atoms with E-state index in [-0.39, 0.29) is 5.91 Å². The summed E-state index contributed by atoms with van der Waals surface area (Å²) < 4.78 is 11.5. The molecule has 27 heavy (non-hydrogen) atoms. The molecular weight excluding hydrogens is 362 g/mol. The minimum absolute atomic E-state index is 0.126. The topological polar surface area (TPSA) is 38.8 Å². The maximum Gasteiger partial charge on any atom is 0.292 e. The van der Waals surface area contributed by atoms with Gasteiger partial charge < -0.3 is 14.4 Å². The molecule has 2 heterocycles. The van der Waals surface area contributed by atoms with Gasteiger partial charge in [-0.05, 0) is 12.5 Å². The van der Waals surface area contributed by atoms with E-state index in [2.05, 4.69) is 6.92 Å². The van der Waals surface area contributed by atoms with Gasteiger partial charge in [0.15, 0.2) is 0 Å². The van der Waals surface area contributed by atoms with Gasteiger partial charge in [0.2, 0.25) is 0 Å². The van der Waals surface area contributed by atoms with Gasteiger partial charge in [-0.3, -0.25) is 4.79 Å². The molecule has 1 saturated heterocycles. The lowest BCUT2D eigenvalue weighted by atomic mass is 10.1. The first-order valence-electron chi connectivity index (χ1n) is 10.6. The van der Waals surface area contributed by atoms with Crippen LogP contribution in [0.1, 0.15) is 76.7 Å². The first kappa shape index (κ1) is 20.6. The zero-order valence-corrected chi connectivity index (χ0v) is 17.2. The summed E-state index contributed by atoms with van der Waals surface area (Å²) in [5.41, 5.74) is 1.52. The van der Waals surface area contributed by atoms with Crippen molar-refractivity contribution >= 4 is 23.2 Å². The first-order chi connectivity index (χ1) is 13.2. The summed E-state index contributed by atoms with van der Waals surface area (Å²) in [6.45, 7) is 3.79. The molecule has 5 heteroatoms. The van der Waals surface area contributed by atoms with E-state index < -0.39 is 5.79 Å². The Morgan fingerprint density at radius 2 is 1.56 bits per heavy atom. The molecule has 0 bridgehead atoms. The van der Waals surface area contributed by atoms with Crippen molar-refractivity contribution in [1.82, 2.24) is 0 Å². The Hall–Kier alpha value is -1.10. The molecule has 4 nitrogen and oxygen atoms in total. The second kappa shape index (κ2) is 9.90. The Bertz CT molecular complexity index is 628. The van der Waals surface area contributed by atoms with Crippen LogP contribution in [0.2, 0.25) is 5.02 Å². The van der Waals surface area contributed by atoms with Crippen molar-refractivity contribution in [2.45, 2.75) is 76.9 Å². The normalized spacial score (nSPS) is 17.9. The number of carbonyl (C=O) groups excluding carboxylic acids is 1. The fourth-order valence-corrected chi connectivity index (χ4v) is 4.39. The van der Waals surface area contributed by atoms with Crippen LogP contribution in [0.25, 0.3) is 0 Å². The predicted octanol–water partition coefficient (Wildman–Crippen LogP) is 5.81. The maximum absolute atomic E-state index is 13.0.